The molecule has 0 aliphatic carbocycles. The Kier molecular flexibility index (Phi) is 6.33. The molecule has 1 aliphatic heterocycles. The first-order chi connectivity index (χ1) is 10.2. The lowest BCUT2D eigenvalue weighted by molar-refractivity contribution is -0.133. The molecule has 0 bridgehead atoms. The van der Waals surface area contributed by atoms with E-state index < -0.39 is 0 Å². The van der Waals surface area contributed by atoms with E-state index in [1.54, 1.807) is 0 Å². The maximum absolute atomic E-state index is 12.2. The molecule has 1 saturated heterocycles. The summed E-state index contributed by atoms with van der Waals surface area (Å²) < 4.78 is 5.58. The largest absolute Gasteiger partial charge is 0.482 e. The van der Waals surface area contributed by atoms with Gasteiger partial charge in [0.15, 0.2) is 6.61 Å². The summed E-state index contributed by atoms with van der Waals surface area (Å²) in [6, 6.07) is 5.64. The smallest absolute Gasteiger partial charge is 0.260 e. The SMILES string of the molecule is CNCc1ccc(OCC(=O)N2CCCCCC2)c(Cl)c1. The van der Waals surface area contributed by atoms with Crippen LogP contribution in [0.3, 0.4) is 0 Å². The van der Waals surface area contributed by atoms with E-state index in [1.807, 2.05) is 30.1 Å². The zero-order chi connectivity index (χ0) is 15.1. The second-order valence-corrected chi connectivity index (χ2v) is 5.79. The van der Waals surface area contributed by atoms with E-state index in [0.717, 1.165) is 38.0 Å². The van der Waals surface area contributed by atoms with Crippen LogP contribution in [0.2, 0.25) is 5.02 Å². The maximum atomic E-state index is 12.2. The van der Waals surface area contributed by atoms with Gasteiger partial charge in [0.2, 0.25) is 0 Å². The van der Waals surface area contributed by atoms with Crippen molar-refractivity contribution in [2.75, 3.05) is 26.7 Å². The van der Waals surface area contributed by atoms with Crippen LogP contribution in [-0.2, 0) is 11.3 Å². The molecule has 1 fully saturated rings. The molecule has 0 saturated carbocycles. The van der Waals surface area contributed by atoms with Crippen molar-refractivity contribution in [1.29, 1.82) is 0 Å². The van der Waals surface area contributed by atoms with Crippen molar-refractivity contribution >= 4 is 17.5 Å². The lowest BCUT2D eigenvalue weighted by Gasteiger charge is -2.20. The Bertz CT molecular complexity index is 471. The Morgan fingerprint density at radius 2 is 2.00 bits per heavy atom. The van der Waals surface area contributed by atoms with Crippen LogP contribution < -0.4 is 10.1 Å². The lowest BCUT2D eigenvalue weighted by atomic mass is 10.2. The van der Waals surface area contributed by atoms with Gasteiger partial charge in [-0.15, -0.1) is 0 Å². The van der Waals surface area contributed by atoms with E-state index in [4.69, 9.17) is 16.3 Å². The minimum absolute atomic E-state index is 0.0484. The van der Waals surface area contributed by atoms with E-state index in [9.17, 15) is 4.79 Å². The number of halogens is 1. The van der Waals surface area contributed by atoms with Gasteiger partial charge in [-0.2, -0.15) is 0 Å². The van der Waals surface area contributed by atoms with Crippen LogP contribution >= 0.6 is 11.6 Å². The third kappa shape index (κ3) is 4.90. The molecule has 1 aromatic carbocycles. The number of amides is 1. The van der Waals surface area contributed by atoms with Crippen molar-refractivity contribution in [2.24, 2.45) is 0 Å². The molecule has 0 atom stereocenters. The van der Waals surface area contributed by atoms with Gasteiger partial charge in [-0.25, -0.2) is 0 Å². The van der Waals surface area contributed by atoms with Crippen molar-refractivity contribution in [2.45, 2.75) is 32.2 Å². The number of likely N-dealkylation sites (tertiary alicyclic amines) is 1. The van der Waals surface area contributed by atoms with Crippen LogP contribution in [0, 0.1) is 0 Å². The highest BCUT2D eigenvalue weighted by molar-refractivity contribution is 6.32. The van der Waals surface area contributed by atoms with Crippen LogP contribution in [0.5, 0.6) is 5.75 Å². The fraction of sp³-hybridized carbons (Fsp3) is 0.562. The molecular weight excluding hydrogens is 288 g/mol. The van der Waals surface area contributed by atoms with Gasteiger partial charge in [0, 0.05) is 19.6 Å². The summed E-state index contributed by atoms with van der Waals surface area (Å²) in [6.07, 6.45) is 4.60. The standard InChI is InChI=1S/C16H23ClN2O2/c1-18-11-13-6-7-15(14(17)10-13)21-12-16(20)19-8-4-2-3-5-9-19/h6-7,10,18H,2-5,8-9,11-12H2,1H3. The van der Waals surface area contributed by atoms with E-state index >= 15 is 0 Å². The van der Waals surface area contributed by atoms with Crippen LogP contribution in [0.1, 0.15) is 31.2 Å². The molecule has 116 valence electrons. The molecule has 21 heavy (non-hydrogen) atoms. The first kappa shape index (κ1) is 16.1. The Labute approximate surface area is 131 Å². The fourth-order valence-electron chi connectivity index (χ4n) is 2.53. The Hall–Kier alpha value is -1.26. The topological polar surface area (TPSA) is 41.6 Å². The lowest BCUT2D eigenvalue weighted by Crippen LogP contribution is -2.35. The number of carbonyl (C=O) groups is 1. The summed E-state index contributed by atoms with van der Waals surface area (Å²) in [5.74, 6) is 0.618. The highest BCUT2D eigenvalue weighted by Gasteiger charge is 2.16. The van der Waals surface area contributed by atoms with Gasteiger partial charge in [-0.1, -0.05) is 30.5 Å². The average molecular weight is 311 g/mol. The van der Waals surface area contributed by atoms with E-state index in [2.05, 4.69) is 5.32 Å². The van der Waals surface area contributed by atoms with Crippen LogP contribution in [0.25, 0.3) is 0 Å². The number of nitrogens with zero attached hydrogens (tertiary/aromatic N) is 1. The third-order valence-corrected chi connectivity index (χ3v) is 3.98. The molecule has 0 aromatic heterocycles. The zero-order valence-electron chi connectivity index (χ0n) is 12.5. The number of ether oxygens (including phenoxy) is 1. The van der Waals surface area contributed by atoms with Crippen molar-refractivity contribution in [3.8, 4) is 5.75 Å². The molecule has 0 radical (unpaired) electrons. The molecule has 1 aliphatic rings. The minimum Gasteiger partial charge on any atom is -0.482 e. The van der Waals surface area contributed by atoms with Gasteiger partial charge in [0.05, 0.1) is 5.02 Å². The van der Waals surface area contributed by atoms with Crippen LogP contribution in [0.15, 0.2) is 18.2 Å². The molecule has 0 unspecified atom stereocenters. The summed E-state index contributed by atoms with van der Waals surface area (Å²) in [5, 5.41) is 3.62. The van der Waals surface area contributed by atoms with Gasteiger partial charge in [-0.3, -0.25) is 4.79 Å². The number of benzene rings is 1. The summed E-state index contributed by atoms with van der Waals surface area (Å²) in [6.45, 7) is 2.51. The summed E-state index contributed by atoms with van der Waals surface area (Å²) in [5.41, 5.74) is 1.09. The highest BCUT2D eigenvalue weighted by atomic mass is 35.5. The second-order valence-electron chi connectivity index (χ2n) is 5.38. The predicted octanol–water partition coefficient (Wildman–Crippen LogP) is 2.84. The van der Waals surface area contributed by atoms with E-state index in [1.165, 1.54) is 12.8 Å². The van der Waals surface area contributed by atoms with Gasteiger partial charge < -0.3 is 15.0 Å². The molecule has 1 aromatic rings. The van der Waals surface area contributed by atoms with Gasteiger partial charge in [0.25, 0.3) is 5.91 Å². The zero-order valence-corrected chi connectivity index (χ0v) is 13.3. The van der Waals surface area contributed by atoms with Crippen molar-refractivity contribution < 1.29 is 9.53 Å². The van der Waals surface area contributed by atoms with Gasteiger partial charge in [-0.05, 0) is 37.6 Å². The Morgan fingerprint density at radius 1 is 1.29 bits per heavy atom. The molecule has 2 rings (SSSR count). The minimum atomic E-state index is 0.0484. The van der Waals surface area contributed by atoms with Crippen molar-refractivity contribution in [1.82, 2.24) is 10.2 Å². The average Bonchev–Trinajstić information content (AvgIpc) is 2.75. The number of hydrogen-bond acceptors (Lipinski definition) is 3. The maximum Gasteiger partial charge on any atom is 0.260 e. The third-order valence-electron chi connectivity index (χ3n) is 3.69. The van der Waals surface area contributed by atoms with Crippen LogP contribution in [-0.4, -0.2) is 37.6 Å². The Morgan fingerprint density at radius 3 is 2.62 bits per heavy atom. The molecule has 4 nitrogen and oxygen atoms in total. The van der Waals surface area contributed by atoms with E-state index in [-0.39, 0.29) is 12.5 Å². The van der Waals surface area contributed by atoms with Crippen molar-refractivity contribution in [3.05, 3.63) is 28.8 Å². The molecule has 5 heteroatoms. The molecule has 1 heterocycles. The summed E-state index contributed by atoms with van der Waals surface area (Å²) >= 11 is 6.18. The predicted molar refractivity (Wildman–Crippen MR) is 84.8 cm³/mol. The molecular formula is C16H23ClN2O2. The van der Waals surface area contributed by atoms with Crippen LogP contribution in [0.4, 0.5) is 0 Å². The monoisotopic (exact) mass is 310 g/mol. The molecule has 0 spiro atoms. The number of carbonyl (C=O) groups excluding carboxylic acids is 1. The molecule has 1 N–H and O–H groups in total. The van der Waals surface area contributed by atoms with Gasteiger partial charge in [0.1, 0.15) is 5.75 Å². The molecule has 1 amide bonds. The second kappa shape index (κ2) is 8.25. The number of hydrogen-bond donors (Lipinski definition) is 1. The fourth-order valence-corrected chi connectivity index (χ4v) is 2.78. The first-order valence-electron chi connectivity index (χ1n) is 7.54. The van der Waals surface area contributed by atoms with E-state index in [0.29, 0.717) is 10.8 Å². The summed E-state index contributed by atoms with van der Waals surface area (Å²) in [4.78, 5) is 14.1. The Balaban J connectivity index is 1.88. The summed E-state index contributed by atoms with van der Waals surface area (Å²) in [7, 11) is 1.89. The first-order valence-corrected chi connectivity index (χ1v) is 7.92. The number of nitrogens with one attached hydrogen (secondary N) is 1. The van der Waals surface area contributed by atoms with Gasteiger partial charge >= 0.3 is 0 Å². The highest BCUT2D eigenvalue weighted by Crippen LogP contribution is 2.25. The quantitative estimate of drug-likeness (QED) is 0.909. The normalized spacial score (nSPS) is 15.6. The van der Waals surface area contributed by atoms with Crippen molar-refractivity contribution in [3.63, 3.8) is 0 Å². The number of rotatable bonds is 5.